The number of piperazine rings is 1. The van der Waals surface area contributed by atoms with E-state index in [1.54, 1.807) is 11.2 Å². The SMILES string of the molecule is C[C@H](CC(=O)N1CCN(S(=O)(=O)N2CCOCC2)CC1)n1cnc2ccccc21. The first-order chi connectivity index (χ1) is 14.0. The summed E-state index contributed by atoms with van der Waals surface area (Å²) in [6, 6.07) is 7.83. The van der Waals surface area contributed by atoms with Crippen LogP contribution in [0.25, 0.3) is 11.0 Å². The van der Waals surface area contributed by atoms with Gasteiger partial charge in [0.15, 0.2) is 0 Å². The van der Waals surface area contributed by atoms with E-state index < -0.39 is 10.2 Å². The smallest absolute Gasteiger partial charge is 0.282 e. The predicted molar refractivity (Wildman–Crippen MR) is 109 cm³/mol. The third kappa shape index (κ3) is 4.16. The van der Waals surface area contributed by atoms with Gasteiger partial charge in [-0.2, -0.15) is 17.0 Å². The van der Waals surface area contributed by atoms with Crippen LogP contribution in [0.2, 0.25) is 0 Å². The number of nitrogens with zero attached hydrogens (tertiary/aromatic N) is 5. The van der Waals surface area contributed by atoms with E-state index in [1.807, 2.05) is 35.8 Å². The lowest BCUT2D eigenvalue weighted by Crippen LogP contribution is -2.55. The molecule has 0 aliphatic carbocycles. The van der Waals surface area contributed by atoms with Crippen LogP contribution < -0.4 is 0 Å². The molecule has 2 saturated heterocycles. The maximum absolute atomic E-state index is 12.8. The largest absolute Gasteiger partial charge is 0.379 e. The van der Waals surface area contributed by atoms with Gasteiger partial charge in [-0.25, -0.2) is 4.98 Å². The van der Waals surface area contributed by atoms with Crippen molar-refractivity contribution >= 4 is 27.1 Å². The monoisotopic (exact) mass is 421 g/mol. The Bertz CT molecular complexity index is 962. The van der Waals surface area contributed by atoms with E-state index >= 15 is 0 Å². The van der Waals surface area contributed by atoms with Gasteiger partial charge in [-0.05, 0) is 19.1 Å². The minimum absolute atomic E-state index is 0.0231. The molecule has 3 heterocycles. The van der Waals surface area contributed by atoms with Crippen molar-refractivity contribution in [2.75, 3.05) is 52.5 Å². The summed E-state index contributed by atoms with van der Waals surface area (Å²) in [6.07, 6.45) is 2.13. The molecule has 2 aliphatic heterocycles. The third-order valence-electron chi connectivity index (χ3n) is 5.64. The van der Waals surface area contributed by atoms with Gasteiger partial charge in [0.25, 0.3) is 10.2 Å². The van der Waals surface area contributed by atoms with Crippen molar-refractivity contribution in [3.8, 4) is 0 Å². The minimum Gasteiger partial charge on any atom is -0.379 e. The summed E-state index contributed by atoms with van der Waals surface area (Å²) in [5, 5.41) is 0. The number of ether oxygens (including phenoxy) is 1. The first-order valence-electron chi connectivity index (χ1n) is 9.99. The van der Waals surface area contributed by atoms with Gasteiger partial charge >= 0.3 is 0 Å². The highest BCUT2D eigenvalue weighted by Gasteiger charge is 2.34. The van der Waals surface area contributed by atoms with E-state index in [9.17, 15) is 13.2 Å². The number of aromatic nitrogens is 2. The molecule has 1 aromatic carbocycles. The van der Waals surface area contributed by atoms with Gasteiger partial charge in [-0.15, -0.1) is 0 Å². The van der Waals surface area contributed by atoms with Crippen molar-refractivity contribution in [1.82, 2.24) is 23.1 Å². The predicted octanol–water partition coefficient (Wildman–Crippen LogP) is 0.709. The van der Waals surface area contributed by atoms with Crippen molar-refractivity contribution in [3.05, 3.63) is 30.6 Å². The number of carbonyl (C=O) groups excluding carboxylic acids is 1. The number of morpholine rings is 1. The number of benzene rings is 1. The highest BCUT2D eigenvalue weighted by Crippen LogP contribution is 2.21. The summed E-state index contributed by atoms with van der Waals surface area (Å²) < 4.78 is 35.7. The second-order valence-corrected chi connectivity index (χ2v) is 9.42. The molecule has 1 atom stereocenters. The van der Waals surface area contributed by atoms with Crippen LogP contribution in [0.5, 0.6) is 0 Å². The number of carbonyl (C=O) groups is 1. The molecule has 2 aromatic rings. The second kappa shape index (κ2) is 8.39. The van der Waals surface area contributed by atoms with E-state index in [4.69, 9.17) is 4.74 Å². The highest BCUT2D eigenvalue weighted by atomic mass is 32.2. The first kappa shape index (κ1) is 20.3. The van der Waals surface area contributed by atoms with Gasteiger partial charge in [0, 0.05) is 51.7 Å². The van der Waals surface area contributed by atoms with Crippen LogP contribution in [0.1, 0.15) is 19.4 Å². The Balaban J connectivity index is 1.34. The Hall–Kier alpha value is -2.01. The zero-order valence-electron chi connectivity index (χ0n) is 16.6. The molecule has 10 heteroatoms. The highest BCUT2D eigenvalue weighted by molar-refractivity contribution is 7.86. The summed E-state index contributed by atoms with van der Waals surface area (Å²) in [5.74, 6) is 0.0405. The average Bonchev–Trinajstić information content (AvgIpc) is 3.19. The van der Waals surface area contributed by atoms with Crippen molar-refractivity contribution in [2.45, 2.75) is 19.4 Å². The Kier molecular flexibility index (Phi) is 5.86. The molecular weight excluding hydrogens is 394 g/mol. The fourth-order valence-corrected chi connectivity index (χ4v) is 5.48. The average molecular weight is 422 g/mol. The van der Waals surface area contributed by atoms with E-state index in [2.05, 4.69) is 4.98 Å². The van der Waals surface area contributed by atoms with Crippen molar-refractivity contribution in [3.63, 3.8) is 0 Å². The van der Waals surface area contributed by atoms with Gasteiger partial charge in [-0.3, -0.25) is 4.79 Å². The van der Waals surface area contributed by atoms with Crippen LogP contribution in [0.4, 0.5) is 0 Å². The zero-order valence-corrected chi connectivity index (χ0v) is 17.4. The molecule has 2 aliphatic rings. The minimum atomic E-state index is -3.48. The number of rotatable bonds is 5. The maximum Gasteiger partial charge on any atom is 0.282 e. The fourth-order valence-electron chi connectivity index (χ4n) is 3.92. The number of hydrogen-bond acceptors (Lipinski definition) is 5. The van der Waals surface area contributed by atoms with E-state index in [0.717, 1.165) is 11.0 Å². The van der Waals surface area contributed by atoms with Gasteiger partial charge in [0.2, 0.25) is 5.91 Å². The molecule has 2 fully saturated rings. The summed E-state index contributed by atoms with van der Waals surface area (Å²) in [4.78, 5) is 19.0. The third-order valence-corrected chi connectivity index (χ3v) is 7.68. The summed E-state index contributed by atoms with van der Waals surface area (Å²) >= 11 is 0. The summed E-state index contributed by atoms with van der Waals surface area (Å²) in [6.45, 7) is 5.12. The summed E-state index contributed by atoms with van der Waals surface area (Å²) in [7, 11) is -3.48. The lowest BCUT2D eigenvalue weighted by molar-refractivity contribution is -0.133. The molecular formula is C19H27N5O4S. The van der Waals surface area contributed by atoms with Crippen LogP contribution in [0, 0.1) is 0 Å². The second-order valence-electron chi connectivity index (χ2n) is 7.49. The zero-order chi connectivity index (χ0) is 20.4. The molecule has 0 spiro atoms. The maximum atomic E-state index is 12.8. The van der Waals surface area contributed by atoms with Crippen molar-refractivity contribution in [1.29, 1.82) is 0 Å². The first-order valence-corrected chi connectivity index (χ1v) is 11.4. The lowest BCUT2D eigenvalue weighted by Gasteiger charge is -2.38. The molecule has 0 saturated carbocycles. The van der Waals surface area contributed by atoms with Crippen LogP contribution in [0.15, 0.2) is 30.6 Å². The van der Waals surface area contributed by atoms with Crippen molar-refractivity contribution < 1.29 is 17.9 Å². The van der Waals surface area contributed by atoms with Crippen LogP contribution in [-0.4, -0.2) is 89.9 Å². The van der Waals surface area contributed by atoms with Crippen LogP contribution in [0.3, 0.4) is 0 Å². The molecule has 1 aromatic heterocycles. The Morgan fingerprint density at radius 2 is 1.72 bits per heavy atom. The number of amides is 1. The standard InChI is InChI=1S/C19H27N5O4S/c1-16(24-15-20-17-4-2-3-5-18(17)24)14-19(25)21-6-8-22(9-7-21)29(26,27)23-10-12-28-13-11-23/h2-5,15-16H,6-14H2,1H3/t16-/m1/s1. The molecule has 0 N–H and O–H groups in total. The topological polar surface area (TPSA) is 88.0 Å². The van der Waals surface area contributed by atoms with Crippen LogP contribution in [-0.2, 0) is 19.7 Å². The van der Waals surface area contributed by atoms with Gasteiger partial charge < -0.3 is 14.2 Å². The molecule has 9 nitrogen and oxygen atoms in total. The number of para-hydroxylation sites is 2. The normalized spacial score (nSPS) is 20.8. The number of hydrogen-bond donors (Lipinski definition) is 0. The van der Waals surface area contributed by atoms with Gasteiger partial charge in [-0.1, -0.05) is 12.1 Å². The Labute approximate surface area is 171 Å². The summed E-state index contributed by atoms with van der Waals surface area (Å²) in [5.41, 5.74) is 1.92. The molecule has 158 valence electrons. The molecule has 29 heavy (non-hydrogen) atoms. The van der Waals surface area contributed by atoms with E-state index in [1.165, 1.54) is 8.61 Å². The van der Waals surface area contributed by atoms with E-state index in [0.29, 0.717) is 58.9 Å². The van der Waals surface area contributed by atoms with Crippen LogP contribution >= 0.6 is 0 Å². The quantitative estimate of drug-likeness (QED) is 0.710. The van der Waals surface area contributed by atoms with Gasteiger partial charge in [0.05, 0.1) is 30.6 Å². The molecule has 1 amide bonds. The van der Waals surface area contributed by atoms with Gasteiger partial charge in [0.1, 0.15) is 0 Å². The Morgan fingerprint density at radius 3 is 2.45 bits per heavy atom. The molecule has 0 radical (unpaired) electrons. The number of imidazole rings is 1. The van der Waals surface area contributed by atoms with E-state index in [-0.39, 0.29) is 11.9 Å². The lowest BCUT2D eigenvalue weighted by atomic mass is 10.2. The molecule has 0 bridgehead atoms. The fraction of sp³-hybridized carbons (Fsp3) is 0.579. The van der Waals surface area contributed by atoms with Crippen molar-refractivity contribution in [2.24, 2.45) is 0 Å². The molecule has 0 unspecified atom stereocenters. The molecule has 4 rings (SSSR count). The Morgan fingerprint density at radius 1 is 1.07 bits per heavy atom. The number of fused-ring (bicyclic) bond motifs is 1.